The van der Waals surface area contributed by atoms with Gasteiger partial charge in [-0.1, -0.05) is 55.5 Å². The molecule has 4 aliphatic rings. The molecule has 1 heterocycles. The third-order valence-corrected chi connectivity index (χ3v) is 7.68. The topological polar surface area (TPSA) is 46.6 Å². The lowest BCUT2D eigenvalue weighted by Crippen LogP contribution is -2.53. The van der Waals surface area contributed by atoms with Crippen LogP contribution in [0, 0.1) is 11.8 Å². The highest BCUT2D eigenvalue weighted by Crippen LogP contribution is 2.65. The minimum absolute atomic E-state index is 0.0870. The minimum atomic E-state index is -0.486. The van der Waals surface area contributed by atoms with Crippen molar-refractivity contribution in [1.82, 2.24) is 0 Å². The van der Waals surface area contributed by atoms with Crippen molar-refractivity contribution in [3.8, 4) is 5.75 Å². The van der Waals surface area contributed by atoms with Crippen LogP contribution in [0.2, 0.25) is 0 Å². The van der Waals surface area contributed by atoms with E-state index >= 15 is 0 Å². The van der Waals surface area contributed by atoms with E-state index in [1.54, 1.807) is 31.4 Å². The number of amides is 2. The first-order valence-electron chi connectivity index (χ1n) is 10.8. The molecule has 0 saturated carbocycles. The standard InChI is InChI=1S/C27H23NO3/c1-3-27-20-10-6-4-8-18(20)22(19-9-5-7-11-21(19)27)23-24(27)26(30)28(25(23)29)16-12-14-17(31-2)15-13-16/h4-15,22-24H,3H2,1-2H3/t22?,23-,24-,27?/m0/s1. The average molecular weight is 409 g/mol. The summed E-state index contributed by atoms with van der Waals surface area (Å²) in [6.07, 6.45) is 0.768. The summed E-state index contributed by atoms with van der Waals surface area (Å²) >= 11 is 0. The zero-order valence-corrected chi connectivity index (χ0v) is 17.5. The number of rotatable bonds is 3. The fraction of sp³-hybridized carbons (Fsp3) is 0.259. The summed E-state index contributed by atoms with van der Waals surface area (Å²) in [7, 11) is 1.60. The van der Waals surface area contributed by atoms with Gasteiger partial charge in [-0.2, -0.15) is 0 Å². The van der Waals surface area contributed by atoms with E-state index < -0.39 is 5.41 Å². The highest BCUT2D eigenvalue weighted by molar-refractivity contribution is 6.23. The van der Waals surface area contributed by atoms with Crippen molar-refractivity contribution >= 4 is 17.5 Å². The molecule has 2 bridgehead atoms. The van der Waals surface area contributed by atoms with Crippen molar-refractivity contribution in [2.24, 2.45) is 11.8 Å². The Bertz CT molecular complexity index is 1180. The van der Waals surface area contributed by atoms with Crippen LogP contribution >= 0.6 is 0 Å². The summed E-state index contributed by atoms with van der Waals surface area (Å²) < 4.78 is 5.25. The molecule has 2 atom stereocenters. The number of carbonyl (C=O) groups is 2. The molecule has 31 heavy (non-hydrogen) atoms. The molecule has 0 unspecified atom stereocenters. The minimum Gasteiger partial charge on any atom is -0.497 e. The molecular weight excluding hydrogens is 386 g/mol. The Morgan fingerprint density at radius 3 is 1.97 bits per heavy atom. The van der Waals surface area contributed by atoms with Gasteiger partial charge in [-0.3, -0.25) is 9.59 Å². The number of benzene rings is 3. The number of nitrogens with zero attached hydrogens (tertiary/aromatic N) is 1. The molecule has 1 aliphatic heterocycles. The van der Waals surface area contributed by atoms with Crippen LogP contribution in [-0.4, -0.2) is 18.9 Å². The molecule has 1 saturated heterocycles. The molecule has 7 rings (SSSR count). The summed E-state index contributed by atoms with van der Waals surface area (Å²) in [5.41, 5.74) is 4.94. The monoisotopic (exact) mass is 409 g/mol. The van der Waals surface area contributed by atoms with Gasteiger partial charge in [0.1, 0.15) is 5.75 Å². The normalized spacial score (nSPS) is 27.7. The first kappa shape index (κ1) is 18.4. The van der Waals surface area contributed by atoms with Crippen LogP contribution in [-0.2, 0) is 15.0 Å². The van der Waals surface area contributed by atoms with Gasteiger partial charge in [-0.25, -0.2) is 4.90 Å². The van der Waals surface area contributed by atoms with Gasteiger partial charge in [-0.05, 0) is 52.9 Å². The largest absolute Gasteiger partial charge is 0.497 e. The number of hydrogen-bond donors (Lipinski definition) is 0. The van der Waals surface area contributed by atoms with Crippen molar-refractivity contribution in [3.63, 3.8) is 0 Å². The first-order valence-corrected chi connectivity index (χ1v) is 10.8. The molecule has 3 aromatic carbocycles. The summed E-state index contributed by atoms with van der Waals surface area (Å²) in [5, 5.41) is 0. The predicted octanol–water partition coefficient (Wildman–Crippen LogP) is 4.66. The molecule has 0 aromatic heterocycles. The van der Waals surface area contributed by atoms with Gasteiger partial charge in [0.15, 0.2) is 0 Å². The number of anilines is 1. The van der Waals surface area contributed by atoms with Crippen molar-refractivity contribution < 1.29 is 14.3 Å². The molecule has 154 valence electrons. The number of methoxy groups -OCH3 is 1. The number of hydrogen-bond acceptors (Lipinski definition) is 3. The molecule has 4 nitrogen and oxygen atoms in total. The van der Waals surface area contributed by atoms with Gasteiger partial charge in [0.25, 0.3) is 0 Å². The second-order valence-electron chi connectivity index (χ2n) is 8.69. The summed E-state index contributed by atoms with van der Waals surface area (Å²) in [6, 6.07) is 24.0. The average Bonchev–Trinajstić information content (AvgIpc) is 3.10. The zero-order chi connectivity index (χ0) is 21.3. The molecule has 4 heteroatoms. The smallest absolute Gasteiger partial charge is 0.238 e. The third-order valence-electron chi connectivity index (χ3n) is 7.68. The maximum Gasteiger partial charge on any atom is 0.238 e. The highest BCUT2D eigenvalue weighted by Gasteiger charge is 2.67. The van der Waals surface area contributed by atoms with Crippen LogP contribution in [0.5, 0.6) is 5.75 Å². The van der Waals surface area contributed by atoms with Gasteiger partial charge in [0.05, 0.1) is 24.6 Å². The highest BCUT2D eigenvalue weighted by atomic mass is 16.5. The molecule has 0 spiro atoms. The van der Waals surface area contributed by atoms with Crippen LogP contribution in [0.15, 0.2) is 72.8 Å². The third kappa shape index (κ3) is 2.10. The van der Waals surface area contributed by atoms with Crippen LogP contribution < -0.4 is 9.64 Å². The fourth-order valence-corrected chi connectivity index (χ4v) is 6.52. The van der Waals surface area contributed by atoms with E-state index in [1.165, 1.54) is 27.2 Å². The molecule has 3 aliphatic carbocycles. The van der Waals surface area contributed by atoms with E-state index in [2.05, 4.69) is 43.3 Å². The zero-order valence-electron chi connectivity index (χ0n) is 17.5. The van der Waals surface area contributed by atoms with Gasteiger partial charge >= 0.3 is 0 Å². The summed E-state index contributed by atoms with van der Waals surface area (Å²) in [4.78, 5) is 29.2. The van der Waals surface area contributed by atoms with E-state index in [9.17, 15) is 9.59 Å². The predicted molar refractivity (Wildman–Crippen MR) is 118 cm³/mol. The lowest BCUT2D eigenvalue weighted by Gasteiger charge is -2.54. The van der Waals surface area contributed by atoms with E-state index in [-0.39, 0.29) is 29.6 Å². The van der Waals surface area contributed by atoms with Crippen molar-refractivity contribution in [3.05, 3.63) is 95.1 Å². The molecular formula is C27H23NO3. The van der Waals surface area contributed by atoms with Crippen molar-refractivity contribution in [1.29, 1.82) is 0 Å². The Morgan fingerprint density at radius 1 is 0.839 bits per heavy atom. The van der Waals surface area contributed by atoms with Crippen LogP contribution in [0.1, 0.15) is 41.5 Å². The molecule has 3 aromatic rings. The van der Waals surface area contributed by atoms with E-state index in [1.807, 2.05) is 12.1 Å². The summed E-state index contributed by atoms with van der Waals surface area (Å²) in [5.74, 6) is -0.333. The Labute approximate surface area is 181 Å². The van der Waals surface area contributed by atoms with E-state index in [4.69, 9.17) is 4.74 Å². The maximum absolute atomic E-state index is 14.0. The van der Waals surface area contributed by atoms with Gasteiger partial charge in [0.2, 0.25) is 11.8 Å². The molecule has 0 radical (unpaired) electrons. The summed E-state index contributed by atoms with van der Waals surface area (Å²) in [6.45, 7) is 2.14. The number of imide groups is 1. The second kappa shape index (κ2) is 6.30. The Balaban J connectivity index is 1.60. The SMILES string of the molecule is CCC12c3ccccc3C(c3ccccc31)[C@@H]1C(=O)N(c3ccc(OC)cc3)C(=O)[C@H]12. The quantitative estimate of drug-likeness (QED) is 0.592. The maximum atomic E-state index is 14.0. The fourth-order valence-electron chi connectivity index (χ4n) is 6.52. The lowest BCUT2D eigenvalue weighted by molar-refractivity contribution is -0.123. The van der Waals surface area contributed by atoms with Crippen molar-refractivity contribution in [2.75, 3.05) is 12.0 Å². The van der Waals surface area contributed by atoms with Crippen LogP contribution in [0.3, 0.4) is 0 Å². The van der Waals surface area contributed by atoms with Gasteiger partial charge in [0, 0.05) is 11.3 Å². The second-order valence-corrected chi connectivity index (χ2v) is 8.69. The number of carbonyl (C=O) groups excluding carboxylic acids is 2. The van der Waals surface area contributed by atoms with Gasteiger partial charge in [-0.15, -0.1) is 0 Å². The first-order chi connectivity index (χ1) is 15.1. The van der Waals surface area contributed by atoms with Crippen LogP contribution in [0.4, 0.5) is 5.69 Å². The Morgan fingerprint density at radius 2 is 1.42 bits per heavy atom. The Kier molecular flexibility index (Phi) is 3.73. The Hall–Kier alpha value is -3.40. The van der Waals surface area contributed by atoms with Gasteiger partial charge < -0.3 is 4.74 Å². The molecule has 1 fully saturated rings. The van der Waals surface area contributed by atoms with Crippen LogP contribution in [0.25, 0.3) is 0 Å². The molecule has 0 N–H and O–H groups in total. The van der Waals surface area contributed by atoms with E-state index in [0.29, 0.717) is 11.4 Å². The van der Waals surface area contributed by atoms with E-state index in [0.717, 1.165) is 6.42 Å². The molecule has 2 amide bonds. The van der Waals surface area contributed by atoms with Crippen molar-refractivity contribution in [2.45, 2.75) is 24.7 Å². The lowest BCUT2D eigenvalue weighted by atomic mass is 9.46. The number of ether oxygens (including phenoxy) is 1.